The Balaban J connectivity index is 1.45. The summed E-state index contributed by atoms with van der Waals surface area (Å²) in [6, 6.07) is 12.1. The molecule has 1 amide bonds. The number of nitrogens with zero attached hydrogens (tertiary/aromatic N) is 2. The SMILES string of the molecule is CC(CCc1ccc2c(c1)OCO2)C(=O)N(c1ccccn1)C1CCCCC1. The van der Waals surface area contributed by atoms with Crippen LogP contribution in [0.25, 0.3) is 0 Å². The Kier molecular flexibility index (Phi) is 5.79. The minimum absolute atomic E-state index is 0.0608. The number of rotatable bonds is 6. The molecule has 4 rings (SSSR count). The molecule has 5 nitrogen and oxygen atoms in total. The minimum Gasteiger partial charge on any atom is -0.454 e. The quantitative estimate of drug-likeness (QED) is 0.726. The first-order valence-electron chi connectivity index (χ1n) is 10.3. The van der Waals surface area contributed by atoms with Gasteiger partial charge in [-0.3, -0.25) is 9.69 Å². The zero-order valence-corrected chi connectivity index (χ0v) is 16.5. The highest BCUT2D eigenvalue weighted by Gasteiger charge is 2.30. The summed E-state index contributed by atoms with van der Waals surface area (Å²) in [4.78, 5) is 19.9. The fourth-order valence-corrected chi connectivity index (χ4v) is 4.16. The molecule has 148 valence electrons. The van der Waals surface area contributed by atoms with Crippen molar-refractivity contribution in [2.45, 2.75) is 57.9 Å². The van der Waals surface area contributed by atoms with Crippen LogP contribution in [-0.2, 0) is 11.2 Å². The smallest absolute Gasteiger partial charge is 0.231 e. The molecule has 1 aliphatic heterocycles. The summed E-state index contributed by atoms with van der Waals surface area (Å²) in [5.41, 5.74) is 1.17. The molecule has 5 heteroatoms. The van der Waals surface area contributed by atoms with E-state index in [-0.39, 0.29) is 24.7 Å². The van der Waals surface area contributed by atoms with Crippen molar-refractivity contribution in [1.29, 1.82) is 0 Å². The molecule has 1 fully saturated rings. The van der Waals surface area contributed by atoms with Crippen LogP contribution in [0.2, 0.25) is 0 Å². The van der Waals surface area contributed by atoms with E-state index in [0.29, 0.717) is 0 Å². The maximum Gasteiger partial charge on any atom is 0.231 e. The van der Waals surface area contributed by atoms with Gasteiger partial charge >= 0.3 is 0 Å². The maximum absolute atomic E-state index is 13.4. The standard InChI is InChI=1S/C23H28N2O3/c1-17(10-11-18-12-13-20-21(15-18)28-16-27-20)23(26)25(19-7-3-2-4-8-19)22-9-5-6-14-24-22/h5-6,9,12-15,17,19H,2-4,7-8,10-11,16H2,1H3. The molecule has 0 spiro atoms. The van der Waals surface area contributed by atoms with Crippen LogP contribution in [0.3, 0.4) is 0 Å². The summed E-state index contributed by atoms with van der Waals surface area (Å²) in [7, 11) is 0. The van der Waals surface area contributed by atoms with Gasteiger partial charge < -0.3 is 9.47 Å². The van der Waals surface area contributed by atoms with Crippen molar-refractivity contribution in [3.05, 3.63) is 48.2 Å². The number of carbonyl (C=O) groups excluding carboxylic acids is 1. The van der Waals surface area contributed by atoms with Gasteiger partial charge in [-0.15, -0.1) is 0 Å². The van der Waals surface area contributed by atoms with Crippen LogP contribution < -0.4 is 14.4 Å². The predicted octanol–water partition coefficient (Wildman–Crippen LogP) is 4.74. The van der Waals surface area contributed by atoms with Crippen LogP contribution in [0.15, 0.2) is 42.6 Å². The van der Waals surface area contributed by atoms with Crippen molar-refractivity contribution < 1.29 is 14.3 Å². The Hall–Kier alpha value is -2.56. The average molecular weight is 380 g/mol. The van der Waals surface area contributed by atoms with Gasteiger partial charge in [0.2, 0.25) is 12.7 Å². The second-order valence-corrected chi connectivity index (χ2v) is 7.82. The molecule has 2 aliphatic rings. The lowest BCUT2D eigenvalue weighted by Gasteiger charge is -2.35. The van der Waals surface area contributed by atoms with Crippen molar-refractivity contribution in [3.63, 3.8) is 0 Å². The fraction of sp³-hybridized carbons (Fsp3) is 0.478. The van der Waals surface area contributed by atoms with Gasteiger partial charge in [-0.25, -0.2) is 4.98 Å². The normalized spacial score (nSPS) is 17.3. The molecule has 28 heavy (non-hydrogen) atoms. The van der Waals surface area contributed by atoms with E-state index in [1.54, 1.807) is 6.20 Å². The number of amides is 1. The first-order chi connectivity index (χ1) is 13.7. The number of hydrogen-bond donors (Lipinski definition) is 0. The van der Waals surface area contributed by atoms with Crippen molar-refractivity contribution >= 4 is 11.7 Å². The number of anilines is 1. The van der Waals surface area contributed by atoms with Gasteiger partial charge in [0.1, 0.15) is 5.82 Å². The van der Waals surface area contributed by atoms with Crippen LogP contribution in [0.5, 0.6) is 11.5 Å². The lowest BCUT2D eigenvalue weighted by molar-refractivity contribution is -0.122. The van der Waals surface area contributed by atoms with Gasteiger partial charge in [0.05, 0.1) is 0 Å². The molecule has 1 aliphatic carbocycles. The Morgan fingerprint density at radius 1 is 1.14 bits per heavy atom. The number of hydrogen-bond acceptors (Lipinski definition) is 4. The molecular weight excluding hydrogens is 352 g/mol. The summed E-state index contributed by atoms with van der Waals surface area (Å²) in [6.45, 7) is 2.32. The van der Waals surface area contributed by atoms with Gasteiger partial charge in [-0.05, 0) is 55.5 Å². The lowest BCUT2D eigenvalue weighted by Crippen LogP contribution is -2.44. The zero-order chi connectivity index (χ0) is 19.3. The van der Waals surface area contributed by atoms with Crippen LogP contribution in [0.4, 0.5) is 5.82 Å². The van der Waals surface area contributed by atoms with Crippen molar-refractivity contribution in [2.24, 2.45) is 5.92 Å². The van der Waals surface area contributed by atoms with Gasteiger partial charge in [0.15, 0.2) is 11.5 Å². The third-order valence-corrected chi connectivity index (χ3v) is 5.80. The highest BCUT2D eigenvalue weighted by Crippen LogP contribution is 2.33. The number of carbonyl (C=O) groups is 1. The maximum atomic E-state index is 13.4. The lowest BCUT2D eigenvalue weighted by atomic mass is 9.92. The molecule has 1 aromatic heterocycles. The van der Waals surface area contributed by atoms with E-state index in [0.717, 1.165) is 43.0 Å². The third kappa shape index (κ3) is 4.13. The summed E-state index contributed by atoms with van der Waals surface area (Å²) >= 11 is 0. The number of pyridine rings is 1. The molecule has 1 aromatic carbocycles. The topological polar surface area (TPSA) is 51.7 Å². The number of ether oxygens (including phenoxy) is 2. The highest BCUT2D eigenvalue weighted by molar-refractivity contribution is 5.94. The number of benzene rings is 1. The van der Waals surface area contributed by atoms with Crippen molar-refractivity contribution in [3.8, 4) is 11.5 Å². The van der Waals surface area contributed by atoms with Crippen molar-refractivity contribution in [1.82, 2.24) is 4.98 Å². The third-order valence-electron chi connectivity index (χ3n) is 5.80. The molecular formula is C23H28N2O3. The fourth-order valence-electron chi connectivity index (χ4n) is 4.16. The summed E-state index contributed by atoms with van der Waals surface area (Å²) in [5, 5.41) is 0. The molecule has 0 saturated heterocycles. The van der Waals surface area contributed by atoms with E-state index in [1.165, 1.54) is 24.8 Å². The molecule has 0 N–H and O–H groups in total. The van der Waals surface area contributed by atoms with Crippen molar-refractivity contribution in [2.75, 3.05) is 11.7 Å². The van der Waals surface area contributed by atoms with E-state index < -0.39 is 0 Å². The van der Waals surface area contributed by atoms with Crippen LogP contribution in [-0.4, -0.2) is 23.7 Å². The van der Waals surface area contributed by atoms with Crippen LogP contribution in [0, 0.1) is 5.92 Å². The molecule has 1 unspecified atom stereocenters. The van der Waals surface area contributed by atoms with Gasteiger partial charge in [-0.2, -0.15) is 0 Å². The first-order valence-corrected chi connectivity index (χ1v) is 10.3. The van der Waals surface area contributed by atoms with Gasteiger partial charge in [-0.1, -0.05) is 38.3 Å². The molecule has 1 atom stereocenters. The largest absolute Gasteiger partial charge is 0.454 e. The summed E-state index contributed by atoms with van der Waals surface area (Å²) < 4.78 is 10.8. The average Bonchev–Trinajstić information content (AvgIpc) is 3.21. The molecule has 2 heterocycles. The van der Waals surface area contributed by atoms with E-state index in [1.807, 2.05) is 42.2 Å². The Bertz CT molecular complexity index is 803. The number of aromatic nitrogens is 1. The molecule has 0 radical (unpaired) electrons. The second kappa shape index (κ2) is 8.63. The second-order valence-electron chi connectivity index (χ2n) is 7.82. The molecule has 0 bridgehead atoms. The Morgan fingerprint density at radius 2 is 1.96 bits per heavy atom. The molecule has 2 aromatic rings. The first kappa shape index (κ1) is 18.8. The summed E-state index contributed by atoms with van der Waals surface area (Å²) in [5.74, 6) is 2.51. The zero-order valence-electron chi connectivity index (χ0n) is 16.5. The Morgan fingerprint density at radius 3 is 2.75 bits per heavy atom. The molecule has 1 saturated carbocycles. The van der Waals surface area contributed by atoms with E-state index in [4.69, 9.17) is 9.47 Å². The minimum atomic E-state index is -0.0608. The highest BCUT2D eigenvalue weighted by atomic mass is 16.7. The van der Waals surface area contributed by atoms with Gasteiger partial charge in [0.25, 0.3) is 0 Å². The summed E-state index contributed by atoms with van der Waals surface area (Å²) in [6.07, 6.45) is 9.18. The van der Waals surface area contributed by atoms with Gasteiger partial charge in [0, 0.05) is 18.2 Å². The predicted molar refractivity (Wildman–Crippen MR) is 109 cm³/mol. The number of aryl methyl sites for hydroxylation is 1. The Labute approximate surface area is 166 Å². The van der Waals surface area contributed by atoms with Crippen LogP contribution in [0.1, 0.15) is 51.0 Å². The van der Waals surface area contributed by atoms with E-state index >= 15 is 0 Å². The monoisotopic (exact) mass is 380 g/mol. The number of fused-ring (bicyclic) bond motifs is 1. The van der Waals surface area contributed by atoms with E-state index in [9.17, 15) is 4.79 Å². The van der Waals surface area contributed by atoms with Crippen LogP contribution >= 0.6 is 0 Å². The van der Waals surface area contributed by atoms with E-state index in [2.05, 4.69) is 11.1 Å².